The number of para-hydroxylation sites is 1. The molecule has 0 radical (unpaired) electrons. The highest BCUT2D eigenvalue weighted by Crippen LogP contribution is 2.34. The summed E-state index contributed by atoms with van der Waals surface area (Å²) in [5.74, 6) is -0.409. The van der Waals surface area contributed by atoms with Crippen LogP contribution in [0.2, 0.25) is 0 Å². The molecule has 1 aromatic carbocycles. The average Bonchev–Trinajstić information content (AvgIpc) is 2.35. The molecule has 1 N–H and O–H groups in total. The number of benzene rings is 1. The Morgan fingerprint density at radius 3 is 2.82 bits per heavy atom. The van der Waals surface area contributed by atoms with Crippen molar-refractivity contribution in [3.63, 3.8) is 0 Å². The second-order valence-electron chi connectivity index (χ2n) is 4.09. The topological polar surface area (TPSA) is 63.6 Å². The molecule has 0 fully saturated rings. The molecule has 90 valence electrons. The van der Waals surface area contributed by atoms with Gasteiger partial charge < -0.3 is 9.84 Å². The van der Waals surface area contributed by atoms with Gasteiger partial charge in [0.15, 0.2) is 0 Å². The number of Topliss-reactive ketones (excluding diaryl/α,β-unsaturated/α-hetero) is 1. The molecule has 2 rings (SSSR count). The molecule has 0 saturated heterocycles. The first-order chi connectivity index (χ1) is 8.18. The first kappa shape index (κ1) is 11.6. The summed E-state index contributed by atoms with van der Waals surface area (Å²) >= 11 is 0. The monoisotopic (exact) mass is 234 g/mol. The van der Waals surface area contributed by atoms with Crippen LogP contribution in [0.5, 0.6) is 5.75 Å². The fourth-order valence-corrected chi connectivity index (χ4v) is 2.08. The highest BCUT2D eigenvalue weighted by atomic mass is 16.5. The van der Waals surface area contributed by atoms with E-state index in [0.29, 0.717) is 13.0 Å². The minimum absolute atomic E-state index is 0.0110. The van der Waals surface area contributed by atoms with Gasteiger partial charge in [0.2, 0.25) is 0 Å². The van der Waals surface area contributed by atoms with Gasteiger partial charge in [-0.05, 0) is 12.5 Å². The van der Waals surface area contributed by atoms with Gasteiger partial charge in [-0.15, -0.1) is 0 Å². The summed E-state index contributed by atoms with van der Waals surface area (Å²) in [7, 11) is 0. The van der Waals surface area contributed by atoms with E-state index in [9.17, 15) is 9.59 Å². The number of ketones is 1. The van der Waals surface area contributed by atoms with E-state index in [0.717, 1.165) is 11.3 Å². The van der Waals surface area contributed by atoms with E-state index in [1.165, 1.54) is 0 Å². The predicted octanol–water partition coefficient (Wildman–Crippen LogP) is 1.99. The maximum absolute atomic E-state index is 11.9. The SMILES string of the molecule is O=C(O)CCC(=O)C1CCOc2ccccc21. The predicted molar refractivity (Wildman–Crippen MR) is 61.2 cm³/mol. The van der Waals surface area contributed by atoms with Gasteiger partial charge in [0.1, 0.15) is 11.5 Å². The van der Waals surface area contributed by atoms with Crippen molar-refractivity contribution in [2.24, 2.45) is 0 Å². The number of carboxylic acids is 1. The third-order valence-electron chi connectivity index (χ3n) is 2.93. The Morgan fingerprint density at radius 2 is 2.06 bits per heavy atom. The minimum Gasteiger partial charge on any atom is -0.493 e. The zero-order valence-corrected chi connectivity index (χ0v) is 9.39. The summed E-state index contributed by atoms with van der Waals surface area (Å²) in [6.45, 7) is 0.514. The van der Waals surface area contributed by atoms with Crippen molar-refractivity contribution in [1.29, 1.82) is 0 Å². The van der Waals surface area contributed by atoms with Crippen LogP contribution in [0.4, 0.5) is 0 Å². The largest absolute Gasteiger partial charge is 0.493 e. The lowest BCUT2D eigenvalue weighted by molar-refractivity contribution is -0.138. The number of hydrogen-bond acceptors (Lipinski definition) is 3. The normalized spacial score (nSPS) is 18.0. The molecule has 4 nitrogen and oxygen atoms in total. The molecule has 17 heavy (non-hydrogen) atoms. The minimum atomic E-state index is -0.932. The molecule has 0 bridgehead atoms. The first-order valence-electron chi connectivity index (χ1n) is 5.64. The van der Waals surface area contributed by atoms with Crippen LogP contribution in [0.3, 0.4) is 0 Å². The van der Waals surface area contributed by atoms with Crippen molar-refractivity contribution >= 4 is 11.8 Å². The zero-order chi connectivity index (χ0) is 12.3. The van der Waals surface area contributed by atoms with Crippen molar-refractivity contribution in [2.75, 3.05) is 6.61 Å². The summed E-state index contributed by atoms with van der Waals surface area (Å²) in [5, 5.41) is 8.58. The molecule has 1 atom stereocenters. The maximum Gasteiger partial charge on any atom is 0.303 e. The van der Waals surface area contributed by atoms with E-state index in [4.69, 9.17) is 9.84 Å². The molecule has 0 spiro atoms. The Hall–Kier alpha value is -1.84. The summed E-state index contributed by atoms with van der Waals surface area (Å²) in [6.07, 6.45) is 0.627. The third kappa shape index (κ3) is 2.64. The van der Waals surface area contributed by atoms with Crippen molar-refractivity contribution < 1.29 is 19.4 Å². The molecule has 0 amide bonds. The molecule has 1 unspecified atom stereocenters. The number of aliphatic carboxylic acids is 1. The van der Waals surface area contributed by atoms with E-state index >= 15 is 0 Å². The number of carbonyl (C=O) groups is 2. The first-order valence-corrected chi connectivity index (χ1v) is 5.64. The lowest BCUT2D eigenvalue weighted by Crippen LogP contribution is -2.21. The van der Waals surface area contributed by atoms with Crippen molar-refractivity contribution in [1.82, 2.24) is 0 Å². The van der Waals surface area contributed by atoms with Crippen LogP contribution in [0.25, 0.3) is 0 Å². The van der Waals surface area contributed by atoms with Gasteiger partial charge >= 0.3 is 5.97 Å². The number of fused-ring (bicyclic) bond motifs is 1. The molecule has 1 aliphatic rings. The average molecular weight is 234 g/mol. The molecule has 1 aromatic rings. The molecular weight excluding hydrogens is 220 g/mol. The van der Waals surface area contributed by atoms with Gasteiger partial charge in [-0.2, -0.15) is 0 Å². The molecule has 1 aliphatic heterocycles. The summed E-state index contributed by atoms with van der Waals surface area (Å²) in [6, 6.07) is 7.44. The fraction of sp³-hybridized carbons (Fsp3) is 0.385. The Labute approximate surface area is 99.2 Å². The summed E-state index contributed by atoms with van der Waals surface area (Å²) in [5.41, 5.74) is 0.883. The fourth-order valence-electron chi connectivity index (χ4n) is 2.08. The Morgan fingerprint density at radius 1 is 1.29 bits per heavy atom. The molecule has 0 saturated carbocycles. The molecule has 1 heterocycles. The van der Waals surface area contributed by atoms with Gasteiger partial charge in [-0.1, -0.05) is 18.2 Å². The van der Waals surface area contributed by atoms with E-state index in [-0.39, 0.29) is 24.5 Å². The second kappa shape index (κ2) is 4.99. The van der Waals surface area contributed by atoms with Gasteiger partial charge in [-0.3, -0.25) is 9.59 Å². The standard InChI is InChI=1S/C13H14O4/c14-11(5-6-13(15)16)9-7-8-17-12-4-2-1-3-10(9)12/h1-4,9H,5-8H2,(H,15,16). The van der Waals surface area contributed by atoms with E-state index in [1.54, 1.807) is 0 Å². The Kier molecular flexibility index (Phi) is 3.42. The highest BCUT2D eigenvalue weighted by molar-refractivity contribution is 5.89. The molecular formula is C13H14O4. The van der Waals surface area contributed by atoms with Gasteiger partial charge in [0.05, 0.1) is 13.0 Å². The lowest BCUT2D eigenvalue weighted by atomic mass is 9.87. The van der Waals surface area contributed by atoms with Crippen molar-refractivity contribution in [3.05, 3.63) is 29.8 Å². The zero-order valence-electron chi connectivity index (χ0n) is 9.39. The number of ether oxygens (including phenoxy) is 1. The maximum atomic E-state index is 11.9. The number of hydrogen-bond donors (Lipinski definition) is 1. The van der Waals surface area contributed by atoms with Crippen LogP contribution in [-0.4, -0.2) is 23.5 Å². The number of carbonyl (C=O) groups excluding carboxylic acids is 1. The quantitative estimate of drug-likeness (QED) is 0.865. The van der Waals surface area contributed by atoms with Crippen LogP contribution >= 0.6 is 0 Å². The summed E-state index contributed by atoms with van der Waals surface area (Å²) in [4.78, 5) is 22.4. The van der Waals surface area contributed by atoms with Gasteiger partial charge in [-0.25, -0.2) is 0 Å². The number of rotatable bonds is 4. The molecule has 0 aromatic heterocycles. The van der Waals surface area contributed by atoms with Crippen LogP contribution in [0.1, 0.15) is 30.7 Å². The van der Waals surface area contributed by atoms with Crippen LogP contribution in [0, 0.1) is 0 Å². The van der Waals surface area contributed by atoms with Crippen LogP contribution in [-0.2, 0) is 9.59 Å². The van der Waals surface area contributed by atoms with Crippen molar-refractivity contribution in [2.45, 2.75) is 25.2 Å². The summed E-state index contributed by atoms with van der Waals surface area (Å²) < 4.78 is 5.46. The smallest absolute Gasteiger partial charge is 0.303 e. The Balaban J connectivity index is 2.12. The molecule has 4 heteroatoms. The van der Waals surface area contributed by atoms with E-state index < -0.39 is 5.97 Å². The van der Waals surface area contributed by atoms with Crippen molar-refractivity contribution in [3.8, 4) is 5.75 Å². The lowest BCUT2D eigenvalue weighted by Gasteiger charge is -2.24. The van der Waals surface area contributed by atoms with Gasteiger partial charge in [0.25, 0.3) is 0 Å². The van der Waals surface area contributed by atoms with E-state index in [2.05, 4.69) is 0 Å². The van der Waals surface area contributed by atoms with Crippen LogP contribution < -0.4 is 4.74 Å². The van der Waals surface area contributed by atoms with E-state index in [1.807, 2.05) is 24.3 Å². The Bertz CT molecular complexity index is 439. The second-order valence-corrected chi connectivity index (χ2v) is 4.09. The molecule has 0 aliphatic carbocycles. The highest BCUT2D eigenvalue weighted by Gasteiger charge is 2.27. The third-order valence-corrected chi connectivity index (χ3v) is 2.93. The van der Waals surface area contributed by atoms with Crippen LogP contribution in [0.15, 0.2) is 24.3 Å². The number of carboxylic acid groups (broad SMARTS) is 1. The van der Waals surface area contributed by atoms with Gasteiger partial charge in [0, 0.05) is 17.9 Å².